The van der Waals surface area contributed by atoms with Crippen LogP contribution in [0.15, 0.2) is 12.1 Å². The smallest absolute Gasteiger partial charge is 0.119 e. The number of rotatable bonds is 2. The zero-order valence-electron chi connectivity index (χ0n) is 9.26. The predicted octanol–water partition coefficient (Wildman–Crippen LogP) is 2.32. The fraction of sp³-hybridized carbons (Fsp3) is 0.500. The lowest BCUT2D eigenvalue weighted by molar-refractivity contribution is 0.0802. The van der Waals surface area contributed by atoms with E-state index in [1.54, 1.807) is 19.9 Å². The molecule has 2 heteroatoms. The van der Waals surface area contributed by atoms with Gasteiger partial charge in [-0.05, 0) is 50.5 Å². The van der Waals surface area contributed by atoms with Gasteiger partial charge in [0.05, 0.1) is 5.60 Å². The summed E-state index contributed by atoms with van der Waals surface area (Å²) < 4.78 is 0. The molecule has 0 saturated carbocycles. The van der Waals surface area contributed by atoms with E-state index in [9.17, 15) is 10.2 Å². The molecule has 1 rings (SSSR count). The molecule has 2 nitrogen and oxygen atoms in total. The van der Waals surface area contributed by atoms with E-state index >= 15 is 0 Å². The zero-order chi connectivity index (χ0) is 10.9. The van der Waals surface area contributed by atoms with Crippen LogP contribution in [-0.4, -0.2) is 15.8 Å². The molecule has 1 aromatic carbocycles. The Hall–Kier alpha value is -1.02. The summed E-state index contributed by atoms with van der Waals surface area (Å²) in [5.41, 5.74) is 2.24. The van der Waals surface area contributed by atoms with Crippen LogP contribution in [0.3, 0.4) is 0 Å². The van der Waals surface area contributed by atoms with Crippen LogP contribution in [0, 0.1) is 13.8 Å². The Balaban J connectivity index is 3.04. The predicted molar refractivity (Wildman–Crippen MR) is 57.6 cm³/mol. The molecule has 0 spiro atoms. The van der Waals surface area contributed by atoms with Gasteiger partial charge in [-0.15, -0.1) is 0 Å². The summed E-state index contributed by atoms with van der Waals surface area (Å²) >= 11 is 0. The number of phenols is 1. The standard InChI is InChI=1S/C12H18O2/c1-8-5-10(7-12(3,4)14)11(13)6-9(8)2/h5-6,13-14H,7H2,1-4H3. The minimum absolute atomic E-state index is 0.273. The summed E-state index contributed by atoms with van der Waals surface area (Å²) in [6.45, 7) is 7.44. The van der Waals surface area contributed by atoms with Gasteiger partial charge >= 0.3 is 0 Å². The molecule has 0 amide bonds. The maximum absolute atomic E-state index is 9.67. The molecule has 0 heterocycles. The third-order valence-electron chi connectivity index (χ3n) is 2.32. The van der Waals surface area contributed by atoms with Gasteiger partial charge in [-0.25, -0.2) is 0 Å². The molecular weight excluding hydrogens is 176 g/mol. The minimum Gasteiger partial charge on any atom is -0.508 e. The van der Waals surface area contributed by atoms with Gasteiger partial charge in [0.15, 0.2) is 0 Å². The molecule has 14 heavy (non-hydrogen) atoms. The molecule has 0 atom stereocenters. The maximum atomic E-state index is 9.67. The van der Waals surface area contributed by atoms with E-state index < -0.39 is 5.60 Å². The third kappa shape index (κ3) is 2.74. The number of hydrogen-bond acceptors (Lipinski definition) is 2. The van der Waals surface area contributed by atoms with Crippen molar-refractivity contribution in [3.8, 4) is 5.75 Å². The molecule has 78 valence electrons. The van der Waals surface area contributed by atoms with Gasteiger partial charge in [0.2, 0.25) is 0 Å². The lowest BCUT2D eigenvalue weighted by Crippen LogP contribution is -2.21. The quantitative estimate of drug-likeness (QED) is 0.758. The molecule has 0 aromatic heterocycles. The van der Waals surface area contributed by atoms with Crippen molar-refractivity contribution in [2.75, 3.05) is 0 Å². The molecule has 0 unspecified atom stereocenters. The van der Waals surface area contributed by atoms with Crippen molar-refractivity contribution in [1.82, 2.24) is 0 Å². The molecule has 2 N–H and O–H groups in total. The molecule has 0 radical (unpaired) electrons. The first-order valence-electron chi connectivity index (χ1n) is 4.81. The molecule has 0 bridgehead atoms. The number of aliphatic hydroxyl groups is 1. The van der Waals surface area contributed by atoms with Crippen LogP contribution >= 0.6 is 0 Å². The summed E-state index contributed by atoms with van der Waals surface area (Å²) in [5.74, 6) is 0.273. The fourth-order valence-corrected chi connectivity index (χ4v) is 1.47. The van der Waals surface area contributed by atoms with Crippen LogP contribution in [0.2, 0.25) is 0 Å². The Morgan fingerprint density at radius 3 is 2.14 bits per heavy atom. The Bertz CT molecular complexity index is 335. The molecule has 0 aliphatic heterocycles. The topological polar surface area (TPSA) is 40.5 Å². The monoisotopic (exact) mass is 194 g/mol. The first-order chi connectivity index (χ1) is 6.29. The Kier molecular flexibility index (Phi) is 2.86. The lowest BCUT2D eigenvalue weighted by Gasteiger charge is -2.18. The first kappa shape index (κ1) is 11.1. The largest absolute Gasteiger partial charge is 0.508 e. The molecule has 0 aliphatic carbocycles. The average molecular weight is 194 g/mol. The van der Waals surface area contributed by atoms with Crippen molar-refractivity contribution >= 4 is 0 Å². The van der Waals surface area contributed by atoms with Crippen LogP contribution in [0.1, 0.15) is 30.5 Å². The summed E-state index contributed by atoms with van der Waals surface area (Å²) in [4.78, 5) is 0. The van der Waals surface area contributed by atoms with Crippen molar-refractivity contribution in [1.29, 1.82) is 0 Å². The lowest BCUT2D eigenvalue weighted by atomic mass is 9.95. The highest BCUT2D eigenvalue weighted by Crippen LogP contribution is 2.25. The molecule has 1 aromatic rings. The van der Waals surface area contributed by atoms with Gasteiger partial charge in [0.1, 0.15) is 5.75 Å². The highest BCUT2D eigenvalue weighted by Gasteiger charge is 2.16. The van der Waals surface area contributed by atoms with E-state index in [2.05, 4.69) is 0 Å². The van der Waals surface area contributed by atoms with Crippen LogP contribution in [0.25, 0.3) is 0 Å². The molecule has 0 fully saturated rings. The zero-order valence-corrected chi connectivity index (χ0v) is 9.26. The van der Waals surface area contributed by atoms with Gasteiger partial charge < -0.3 is 10.2 Å². The molecular formula is C12H18O2. The van der Waals surface area contributed by atoms with Crippen molar-refractivity contribution in [3.05, 3.63) is 28.8 Å². The normalized spacial score (nSPS) is 11.8. The highest BCUT2D eigenvalue weighted by molar-refractivity contribution is 5.41. The molecule has 0 saturated heterocycles. The van der Waals surface area contributed by atoms with Gasteiger partial charge in [0, 0.05) is 6.42 Å². The fourth-order valence-electron chi connectivity index (χ4n) is 1.47. The summed E-state index contributed by atoms with van der Waals surface area (Å²) in [6.07, 6.45) is 0.472. The highest BCUT2D eigenvalue weighted by atomic mass is 16.3. The minimum atomic E-state index is -0.779. The Labute approximate surface area is 85.2 Å². The second-order valence-electron chi connectivity index (χ2n) is 4.55. The SMILES string of the molecule is Cc1cc(O)c(CC(C)(C)O)cc1C. The van der Waals surface area contributed by atoms with E-state index in [0.29, 0.717) is 6.42 Å². The number of hydrogen-bond donors (Lipinski definition) is 2. The molecule has 0 aliphatic rings. The second-order valence-corrected chi connectivity index (χ2v) is 4.55. The van der Waals surface area contributed by atoms with Crippen LogP contribution in [0.4, 0.5) is 0 Å². The van der Waals surface area contributed by atoms with Crippen molar-refractivity contribution in [2.45, 2.75) is 39.7 Å². The van der Waals surface area contributed by atoms with E-state index in [-0.39, 0.29) is 5.75 Å². The summed E-state index contributed by atoms with van der Waals surface area (Å²) in [6, 6.07) is 3.68. The van der Waals surface area contributed by atoms with Crippen molar-refractivity contribution in [3.63, 3.8) is 0 Å². The first-order valence-corrected chi connectivity index (χ1v) is 4.81. The number of benzene rings is 1. The average Bonchev–Trinajstić information content (AvgIpc) is 1.97. The Morgan fingerprint density at radius 1 is 1.14 bits per heavy atom. The van der Waals surface area contributed by atoms with E-state index in [4.69, 9.17) is 0 Å². The van der Waals surface area contributed by atoms with Gasteiger partial charge in [-0.2, -0.15) is 0 Å². The van der Waals surface area contributed by atoms with Crippen molar-refractivity contribution in [2.24, 2.45) is 0 Å². The van der Waals surface area contributed by atoms with E-state index in [1.165, 1.54) is 0 Å². The van der Waals surface area contributed by atoms with Crippen molar-refractivity contribution < 1.29 is 10.2 Å². The van der Waals surface area contributed by atoms with Gasteiger partial charge in [-0.1, -0.05) is 6.07 Å². The van der Waals surface area contributed by atoms with E-state index in [0.717, 1.165) is 16.7 Å². The summed E-state index contributed by atoms with van der Waals surface area (Å²) in [7, 11) is 0. The van der Waals surface area contributed by atoms with Crippen LogP contribution in [0.5, 0.6) is 5.75 Å². The third-order valence-corrected chi connectivity index (χ3v) is 2.32. The summed E-state index contributed by atoms with van der Waals surface area (Å²) in [5, 5.41) is 19.3. The van der Waals surface area contributed by atoms with Gasteiger partial charge in [-0.3, -0.25) is 0 Å². The van der Waals surface area contributed by atoms with Gasteiger partial charge in [0.25, 0.3) is 0 Å². The second kappa shape index (κ2) is 3.62. The number of phenolic OH excluding ortho intramolecular Hbond substituents is 1. The van der Waals surface area contributed by atoms with Crippen LogP contribution < -0.4 is 0 Å². The van der Waals surface area contributed by atoms with Crippen LogP contribution in [-0.2, 0) is 6.42 Å². The number of aryl methyl sites for hydroxylation is 2. The van der Waals surface area contributed by atoms with E-state index in [1.807, 2.05) is 19.9 Å². The number of aromatic hydroxyl groups is 1. The maximum Gasteiger partial charge on any atom is 0.119 e. The Morgan fingerprint density at radius 2 is 1.64 bits per heavy atom.